The molecule has 0 heterocycles. The molecule has 1 aromatic rings. The van der Waals surface area contributed by atoms with E-state index in [1.807, 2.05) is 38.1 Å². The highest BCUT2D eigenvalue weighted by atomic mass is 16.5. The molecular formula is C15H24N2O2. The molecule has 0 aliphatic heterocycles. The van der Waals surface area contributed by atoms with Gasteiger partial charge in [-0.1, -0.05) is 12.1 Å². The minimum absolute atomic E-state index is 0.0713. The van der Waals surface area contributed by atoms with Crippen LogP contribution in [-0.4, -0.2) is 29.6 Å². The molecule has 4 nitrogen and oxygen atoms in total. The largest absolute Gasteiger partial charge is 0.462 e. The minimum Gasteiger partial charge on any atom is -0.462 e. The van der Waals surface area contributed by atoms with E-state index in [1.165, 1.54) is 0 Å². The third-order valence-electron chi connectivity index (χ3n) is 2.80. The van der Waals surface area contributed by atoms with Gasteiger partial charge in [-0.25, -0.2) is 0 Å². The number of nitrogens with two attached hydrogens (primary N) is 1. The van der Waals surface area contributed by atoms with Gasteiger partial charge < -0.3 is 10.5 Å². The molecule has 0 bridgehead atoms. The van der Waals surface area contributed by atoms with Gasteiger partial charge in [-0.2, -0.15) is 0 Å². The number of benzene rings is 1. The van der Waals surface area contributed by atoms with E-state index in [-0.39, 0.29) is 18.1 Å². The molecule has 0 aliphatic rings. The number of carbonyl (C=O) groups excluding carboxylic acids is 1. The number of hydrogen-bond acceptors (Lipinski definition) is 4. The van der Waals surface area contributed by atoms with E-state index in [0.29, 0.717) is 13.1 Å². The highest BCUT2D eigenvalue weighted by Crippen LogP contribution is 2.11. The zero-order valence-corrected chi connectivity index (χ0v) is 12.2. The topological polar surface area (TPSA) is 55.6 Å². The van der Waals surface area contributed by atoms with Crippen molar-refractivity contribution in [3.05, 3.63) is 29.8 Å². The second-order valence-electron chi connectivity index (χ2n) is 5.28. The molecule has 106 valence electrons. The van der Waals surface area contributed by atoms with Crippen LogP contribution in [0, 0.1) is 0 Å². The van der Waals surface area contributed by atoms with E-state index in [1.54, 1.807) is 0 Å². The quantitative estimate of drug-likeness (QED) is 0.633. The summed E-state index contributed by atoms with van der Waals surface area (Å²) < 4.78 is 5.19. The Hall–Kier alpha value is -1.55. The van der Waals surface area contributed by atoms with E-state index in [2.05, 4.69) is 18.7 Å². The van der Waals surface area contributed by atoms with Crippen molar-refractivity contribution in [3.8, 4) is 0 Å². The average Bonchev–Trinajstić information content (AvgIpc) is 2.29. The second-order valence-corrected chi connectivity index (χ2v) is 5.28. The van der Waals surface area contributed by atoms with Crippen molar-refractivity contribution < 1.29 is 9.53 Å². The van der Waals surface area contributed by atoms with Crippen LogP contribution in [0.4, 0.5) is 5.69 Å². The number of nitrogens with zero attached hydrogens (tertiary/aromatic N) is 1. The monoisotopic (exact) mass is 264 g/mol. The number of ether oxygens (including phenoxy) is 1. The maximum atomic E-state index is 11.7. The molecule has 0 saturated carbocycles. The smallest absolute Gasteiger partial charge is 0.320 e. The molecule has 1 rings (SSSR count). The van der Waals surface area contributed by atoms with E-state index in [0.717, 1.165) is 11.3 Å². The molecule has 0 unspecified atom stereocenters. The van der Waals surface area contributed by atoms with E-state index in [9.17, 15) is 4.79 Å². The molecule has 19 heavy (non-hydrogen) atoms. The van der Waals surface area contributed by atoms with Crippen LogP contribution >= 0.6 is 0 Å². The molecule has 0 fully saturated rings. The van der Waals surface area contributed by atoms with Crippen LogP contribution in [0.5, 0.6) is 0 Å². The van der Waals surface area contributed by atoms with Crippen LogP contribution < -0.4 is 5.73 Å². The van der Waals surface area contributed by atoms with E-state index < -0.39 is 0 Å². The summed E-state index contributed by atoms with van der Waals surface area (Å²) in [5.74, 6) is -0.181. The number of esters is 1. The SMILES string of the molecule is CC(C)OC(=O)CN(Cc1ccc(N)cc1)C(C)C. The molecule has 0 spiro atoms. The Morgan fingerprint density at radius 1 is 1.21 bits per heavy atom. The summed E-state index contributed by atoms with van der Waals surface area (Å²) in [6.07, 6.45) is -0.0713. The second kappa shape index (κ2) is 7.14. The van der Waals surface area contributed by atoms with Crippen molar-refractivity contribution in [3.63, 3.8) is 0 Å². The van der Waals surface area contributed by atoms with Crippen molar-refractivity contribution in [2.75, 3.05) is 12.3 Å². The van der Waals surface area contributed by atoms with Gasteiger partial charge in [0.25, 0.3) is 0 Å². The number of hydrogen-bond donors (Lipinski definition) is 1. The van der Waals surface area contributed by atoms with Crippen LogP contribution in [-0.2, 0) is 16.1 Å². The molecule has 0 aromatic heterocycles. The maximum absolute atomic E-state index is 11.7. The number of anilines is 1. The lowest BCUT2D eigenvalue weighted by Crippen LogP contribution is -2.36. The molecular weight excluding hydrogens is 240 g/mol. The molecule has 0 amide bonds. The van der Waals surface area contributed by atoms with Crippen LogP contribution in [0.3, 0.4) is 0 Å². The first-order valence-electron chi connectivity index (χ1n) is 6.66. The van der Waals surface area contributed by atoms with Crippen molar-refractivity contribution in [2.24, 2.45) is 0 Å². The first-order valence-corrected chi connectivity index (χ1v) is 6.66. The zero-order valence-electron chi connectivity index (χ0n) is 12.2. The van der Waals surface area contributed by atoms with Gasteiger partial charge in [0.1, 0.15) is 0 Å². The fraction of sp³-hybridized carbons (Fsp3) is 0.533. The third kappa shape index (κ3) is 5.75. The highest BCUT2D eigenvalue weighted by Gasteiger charge is 2.16. The molecule has 0 radical (unpaired) electrons. The number of rotatable bonds is 6. The molecule has 0 atom stereocenters. The van der Waals surface area contributed by atoms with Crippen molar-refractivity contribution >= 4 is 11.7 Å². The Morgan fingerprint density at radius 2 is 1.79 bits per heavy atom. The Kier molecular flexibility index (Phi) is 5.83. The summed E-state index contributed by atoms with van der Waals surface area (Å²) in [6, 6.07) is 8.00. The van der Waals surface area contributed by atoms with Gasteiger partial charge in [-0.3, -0.25) is 9.69 Å². The Bertz CT molecular complexity index is 399. The predicted octanol–water partition coefficient (Wildman–Crippen LogP) is 2.43. The van der Waals surface area contributed by atoms with Crippen LogP contribution in [0.25, 0.3) is 0 Å². The Morgan fingerprint density at radius 3 is 2.26 bits per heavy atom. The summed E-state index contributed by atoms with van der Waals surface area (Å²) in [7, 11) is 0. The summed E-state index contributed by atoms with van der Waals surface area (Å²) in [5.41, 5.74) is 7.55. The van der Waals surface area contributed by atoms with Crippen LogP contribution in [0.1, 0.15) is 33.3 Å². The Labute approximate surface area is 115 Å². The van der Waals surface area contributed by atoms with Crippen LogP contribution in [0.2, 0.25) is 0 Å². The first kappa shape index (κ1) is 15.5. The summed E-state index contributed by atoms with van der Waals surface area (Å²) in [4.78, 5) is 13.8. The average molecular weight is 264 g/mol. The normalized spacial score (nSPS) is 11.3. The van der Waals surface area contributed by atoms with Crippen molar-refractivity contribution in [2.45, 2.75) is 46.4 Å². The predicted molar refractivity (Wildman–Crippen MR) is 77.6 cm³/mol. The molecule has 2 N–H and O–H groups in total. The lowest BCUT2D eigenvalue weighted by molar-refractivity contribution is -0.149. The molecule has 1 aromatic carbocycles. The lowest BCUT2D eigenvalue weighted by Gasteiger charge is -2.26. The number of carbonyl (C=O) groups is 1. The van der Waals surface area contributed by atoms with Gasteiger partial charge in [0.2, 0.25) is 0 Å². The van der Waals surface area contributed by atoms with E-state index >= 15 is 0 Å². The lowest BCUT2D eigenvalue weighted by atomic mass is 10.1. The standard InChI is InChI=1S/C15H24N2O2/c1-11(2)17(10-15(18)19-12(3)4)9-13-5-7-14(16)8-6-13/h5-8,11-12H,9-10,16H2,1-4H3. The third-order valence-corrected chi connectivity index (χ3v) is 2.80. The Balaban J connectivity index is 2.62. The first-order chi connectivity index (χ1) is 8.88. The number of nitrogen functional groups attached to an aromatic ring is 1. The summed E-state index contributed by atoms with van der Waals surface area (Å²) in [5, 5.41) is 0. The maximum Gasteiger partial charge on any atom is 0.320 e. The van der Waals surface area contributed by atoms with Gasteiger partial charge in [0.15, 0.2) is 0 Å². The van der Waals surface area contributed by atoms with Gasteiger partial charge in [-0.05, 0) is 45.4 Å². The molecule has 0 aliphatic carbocycles. The summed E-state index contributed by atoms with van der Waals surface area (Å²) >= 11 is 0. The van der Waals surface area contributed by atoms with Gasteiger partial charge >= 0.3 is 5.97 Å². The van der Waals surface area contributed by atoms with Gasteiger partial charge in [0.05, 0.1) is 12.6 Å². The minimum atomic E-state index is -0.181. The zero-order chi connectivity index (χ0) is 14.4. The van der Waals surface area contributed by atoms with Gasteiger partial charge in [0, 0.05) is 18.3 Å². The van der Waals surface area contributed by atoms with Crippen molar-refractivity contribution in [1.29, 1.82) is 0 Å². The van der Waals surface area contributed by atoms with E-state index in [4.69, 9.17) is 10.5 Å². The van der Waals surface area contributed by atoms with Crippen molar-refractivity contribution in [1.82, 2.24) is 4.90 Å². The summed E-state index contributed by atoms with van der Waals surface area (Å²) in [6.45, 7) is 8.88. The fourth-order valence-electron chi connectivity index (χ4n) is 1.74. The fourth-order valence-corrected chi connectivity index (χ4v) is 1.74. The molecule has 0 saturated heterocycles. The van der Waals surface area contributed by atoms with Crippen LogP contribution in [0.15, 0.2) is 24.3 Å². The van der Waals surface area contributed by atoms with Gasteiger partial charge in [-0.15, -0.1) is 0 Å². The molecule has 4 heteroatoms. The highest BCUT2D eigenvalue weighted by molar-refractivity contribution is 5.71.